The normalized spacial score (nSPS) is 14.5. The summed E-state index contributed by atoms with van der Waals surface area (Å²) in [5.41, 5.74) is 0.891. The van der Waals surface area contributed by atoms with Crippen LogP contribution in [-0.4, -0.2) is 58.0 Å². The maximum Gasteiger partial charge on any atom is 0.410 e. The minimum absolute atomic E-state index is 0.257. The molecule has 174 valence electrons. The van der Waals surface area contributed by atoms with Gasteiger partial charge in [-0.05, 0) is 61.0 Å². The summed E-state index contributed by atoms with van der Waals surface area (Å²) in [7, 11) is 0. The van der Waals surface area contributed by atoms with Crippen LogP contribution in [0.1, 0.15) is 20.8 Å². The number of carbonyl (C=O) groups excluding carboxylic acids is 1. The van der Waals surface area contributed by atoms with Gasteiger partial charge in [-0.1, -0.05) is 11.6 Å². The lowest BCUT2D eigenvalue weighted by molar-refractivity contribution is 0.0240. The van der Waals surface area contributed by atoms with Crippen LogP contribution in [0.15, 0.2) is 39.7 Å². The zero-order valence-corrected chi connectivity index (χ0v) is 20.8. The third-order valence-corrected chi connectivity index (χ3v) is 5.97. The summed E-state index contributed by atoms with van der Waals surface area (Å²) in [6, 6.07) is 7.47. The number of nitrogens with zero attached hydrogens (tertiary/aromatic N) is 4. The zero-order chi connectivity index (χ0) is 23.8. The van der Waals surface area contributed by atoms with Crippen molar-refractivity contribution in [3.8, 4) is 0 Å². The minimum Gasteiger partial charge on any atom is -0.444 e. The predicted octanol–water partition coefficient (Wildman–Crippen LogP) is 4.53. The lowest BCUT2D eigenvalue weighted by Crippen LogP contribution is -2.50. The van der Waals surface area contributed by atoms with Crippen LogP contribution >= 0.6 is 27.5 Å². The van der Waals surface area contributed by atoms with Gasteiger partial charge in [0.1, 0.15) is 16.6 Å². The first-order valence-electron chi connectivity index (χ1n) is 10.4. The highest BCUT2D eigenvalue weighted by molar-refractivity contribution is 9.10. The van der Waals surface area contributed by atoms with E-state index in [1.165, 1.54) is 6.20 Å². The van der Waals surface area contributed by atoms with Crippen molar-refractivity contribution >= 4 is 61.6 Å². The van der Waals surface area contributed by atoms with Crippen molar-refractivity contribution < 1.29 is 9.53 Å². The standard InChI is InChI=1S/C22H24BrClN6O3/c1-22(2,3)33-21(32)30-8-6-29(7-9-30)14-4-5-16(15(23)11-14)26-19-18-13(10-17(24)27-19)12-25-28-20(18)31/h4-5,10-12H,6-9H2,1-3H3,(H,26,27)(H,28,31). The Balaban J connectivity index is 1.49. The van der Waals surface area contributed by atoms with Crippen LogP contribution in [0.2, 0.25) is 5.15 Å². The SMILES string of the molecule is CC(C)(C)OC(=O)N1CCN(c2ccc(Nc3nc(Cl)cc4cn[nH]c(=O)c34)c(Br)c2)CC1. The van der Waals surface area contributed by atoms with Crippen molar-refractivity contribution in [2.45, 2.75) is 26.4 Å². The van der Waals surface area contributed by atoms with E-state index in [1.807, 2.05) is 39.0 Å². The number of benzene rings is 1. The number of amides is 1. The molecule has 2 aromatic heterocycles. The molecule has 2 N–H and O–H groups in total. The van der Waals surface area contributed by atoms with Gasteiger partial charge < -0.3 is 19.9 Å². The van der Waals surface area contributed by atoms with E-state index in [9.17, 15) is 9.59 Å². The van der Waals surface area contributed by atoms with E-state index in [0.717, 1.165) is 15.8 Å². The Bertz CT molecular complexity index is 1250. The maximum atomic E-state index is 12.3. The van der Waals surface area contributed by atoms with Crippen LogP contribution in [-0.2, 0) is 4.74 Å². The van der Waals surface area contributed by atoms with Crippen molar-refractivity contribution in [3.63, 3.8) is 0 Å². The number of H-pyrrole nitrogens is 1. The fourth-order valence-electron chi connectivity index (χ4n) is 3.58. The summed E-state index contributed by atoms with van der Waals surface area (Å²) < 4.78 is 6.27. The molecular weight excluding hydrogens is 512 g/mol. The van der Waals surface area contributed by atoms with E-state index in [2.05, 4.69) is 41.3 Å². The number of fused-ring (bicyclic) bond motifs is 1. The molecule has 0 spiro atoms. The molecule has 0 radical (unpaired) electrons. The highest BCUT2D eigenvalue weighted by atomic mass is 79.9. The molecule has 0 unspecified atom stereocenters. The van der Waals surface area contributed by atoms with E-state index in [1.54, 1.807) is 11.0 Å². The van der Waals surface area contributed by atoms with Gasteiger partial charge in [0.15, 0.2) is 0 Å². The largest absolute Gasteiger partial charge is 0.444 e. The van der Waals surface area contributed by atoms with Gasteiger partial charge in [-0.2, -0.15) is 5.10 Å². The number of aromatic amines is 1. The number of piperazine rings is 1. The van der Waals surface area contributed by atoms with E-state index in [4.69, 9.17) is 16.3 Å². The number of ether oxygens (including phenoxy) is 1. The van der Waals surface area contributed by atoms with Crippen LogP contribution in [0, 0.1) is 0 Å². The topological polar surface area (TPSA) is 103 Å². The third-order valence-electron chi connectivity index (χ3n) is 5.12. The van der Waals surface area contributed by atoms with E-state index < -0.39 is 5.60 Å². The first kappa shape index (κ1) is 23.3. The number of halogens is 2. The number of hydrogen-bond donors (Lipinski definition) is 2. The van der Waals surface area contributed by atoms with Crippen LogP contribution in [0.3, 0.4) is 0 Å². The highest BCUT2D eigenvalue weighted by Crippen LogP contribution is 2.32. The summed E-state index contributed by atoms with van der Waals surface area (Å²) in [6.45, 7) is 8.15. The number of rotatable bonds is 3. The Morgan fingerprint density at radius 3 is 2.61 bits per heavy atom. The summed E-state index contributed by atoms with van der Waals surface area (Å²) in [5.74, 6) is 0.348. The van der Waals surface area contributed by atoms with Gasteiger partial charge in [0.05, 0.1) is 17.3 Å². The Hall–Kier alpha value is -2.85. The molecule has 1 aliphatic rings. The highest BCUT2D eigenvalue weighted by Gasteiger charge is 2.26. The van der Waals surface area contributed by atoms with Crippen LogP contribution in [0.5, 0.6) is 0 Å². The van der Waals surface area contributed by atoms with Gasteiger partial charge in [0.2, 0.25) is 0 Å². The molecule has 0 aliphatic carbocycles. The second-order valence-electron chi connectivity index (χ2n) is 8.70. The lowest BCUT2D eigenvalue weighted by atomic mass is 10.2. The van der Waals surface area contributed by atoms with Gasteiger partial charge >= 0.3 is 6.09 Å². The van der Waals surface area contributed by atoms with Crippen molar-refractivity contribution in [1.82, 2.24) is 20.1 Å². The molecule has 3 aromatic rings. The Morgan fingerprint density at radius 1 is 1.21 bits per heavy atom. The van der Waals surface area contributed by atoms with Crippen molar-refractivity contribution in [1.29, 1.82) is 0 Å². The molecule has 1 saturated heterocycles. The summed E-state index contributed by atoms with van der Waals surface area (Å²) >= 11 is 9.74. The van der Waals surface area contributed by atoms with E-state index >= 15 is 0 Å². The Labute approximate surface area is 204 Å². The van der Waals surface area contributed by atoms with Gasteiger partial charge in [-0.3, -0.25) is 4.79 Å². The van der Waals surface area contributed by atoms with Crippen LogP contribution in [0.4, 0.5) is 22.0 Å². The van der Waals surface area contributed by atoms with Crippen molar-refractivity contribution in [3.05, 3.63) is 50.4 Å². The van der Waals surface area contributed by atoms with Gasteiger partial charge in [0.25, 0.3) is 5.56 Å². The molecule has 1 aromatic carbocycles. The van der Waals surface area contributed by atoms with Gasteiger partial charge in [0, 0.05) is 41.7 Å². The molecule has 9 nitrogen and oxygen atoms in total. The summed E-state index contributed by atoms with van der Waals surface area (Å²) in [4.78, 5) is 32.8. The molecule has 1 fully saturated rings. The van der Waals surface area contributed by atoms with Crippen molar-refractivity contribution in [2.24, 2.45) is 0 Å². The molecule has 1 amide bonds. The smallest absolute Gasteiger partial charge is 0.410 e. The number of anilines is 3. The number of aromatic nitrogens is 3. The first-order valence-corrected chi connectivity index (χ1v) is 11.6. The van der Waals surface area contributed by atoms with Gasteiger partial charge in [-0.25, -0.2) is 14.9 Å². The fraction of sp³-hybridized carbons (Fsp3) is 0.364. The second kappa shape index (κ2) is 9.18. The third kappa shape index (κ3) is 5.39. The van der Waals surface area contributed by atoms with E-state index in [-0.39, 0.29) is 16.8 Å². The quantitative estimate of drug-likeness (QED) is 0.475. The molecule has 3 heterocycles. The Morgan fingerprint density at radius 2 is 1.94 bits per heavy atom. The fourth-order valence-corrected chi connectivity index (χ4v) is 4.25. The monoisotopic (exact) mass is 534 g/mol. The number of pyridine rings is 1. The second-order valence-corrected chi connectivity index (χ2v) is 9.94. The predicted molar refractivity (Wildman–Crippen MR) is 133 cm³/mol. The number of nitrogens with one attached hydrogen (secondary N) is 2. The minimum atomic E-state index is -0.507. The summed E-state index contributed by atoms with van der Waals surface area (Å²) in [5, 5.41) is 10.7. The first-order chi connectivity index (χ1) is 15.6. The molecule has 4 rings (SSSR count). The Kier molecular flexibility index (Phi) is 6.49. The molecule has 11 heteroatoms. The molecule has 0 atom stereocenters. The average Bonchev–Trinajstić information content (AvgIpc) is 2.74. The zero-order valence-electron chi connectivity index (χ0n) is 18.5. The molecule has 33 heavy (non-hydrogen) atoms. The van der Waals surface area contributed by atoms with Crippen LogP contribution < -0.4 is 15.8 Å². The van der Waals surface area contributed by atoms with Crippen molar-refractivity contribution in [2.75, 3.05) is 36.4 Å². The van der Waals surface area contributed by atoms with Crippen LogP contribution in [0.25, 0.3) is 10.8 Å². The number of hydrogen-bond acceptors (Lipinski definition) is 7. The summed E-state index contributed by atoms with van der Waals surface area (Å²) in [6.07, 6.45) is 1.25. The van der Waals surface area contributed by atoms with Gasteiger partial charge in [-0.15, -0.1) is 0 Å². The lowest BCUT2D eigenvalue weighted by Gasteiger charge is -2.36. The molecule has 0 bridgehead atoms. The molecule has 0 saturated carbocycles. The molecular formula is C22H24BrClN6O3. The maximum absolute atomic E-state index is 12.3. The van der Waals surface area contributed by atoms with E-state index in [0.29, 0.717) is 42.8 Å². The molecule has 1 aliphatic heterocycles. The average molecular weight is 536 g/mol. The number of carbonyl (C=O) groups is 1.